The van der Waals surface area contributed by atoms with Crippen LogP contribution in [-0.2, 0) is 10.0 Å². The molecule has 0 radical (unpaired) electrons. The van der Waals surface area contributed by atoms with E-state index >= 15 is 0 Å². The van der Waals surface area contributed by atoms with Gasteiger partial charge in [0.1, 0.15) is 11.9 Å². The molecule has 154 valence electrons. The first kappa shape index (κ1) is 22.2. The highest BCUT2D eigenvalue weighted by Gasteiger charge is 2.42. The van der Waals surface area contributed by atoms with Crippen molar-refractivity contribution in [3.8, 4) is 0 Å². The van der Waals surface area contributed by atoms with Crippen molar-refractivity contribution in [2.45, 2.75) is 44.8 Å². The third-order valence-corrected chi connectivity index (χ3v) is 5.96. The first-order valence-electron chi connectivity index (χ1n) is 8.48. The highest BCUT2D eigenvalue weighted by atomic mass is 32.2. The summed E-state index contributed by atoms with van der Waals surface area (Å²) in [7, 11) is -4.45. The zero-order valence-electron chi connectivity index (χ0n) is 15.9. The van der Waals surface area contributed by atoms with Gasteiger partial charge in [-0.05, 0) is 56.5 Å². The molecule has 0 saturated heterocycles. The largest absolute Gasteiger partial charge is 0.406 e. The molecule has 4 nitrogen and oxygen atoms in total. The first-order chi connectivity index (χ1) is 12.8. The van der Waals surface area contributed by atoms with Crippen LogP contribution in [0.4, 0.5) is 23.2 Å². The maximum atomic E-state index is 13.9. The molecule has 2 rings (SSSR count). The molecular weight excluding hydrogens is 396 g/mol. The van der Waals surface area contributed by atoms with E-state index in [-0.39, 0.29) is 10.6 Å². The Balaban J connectivity index is 2.29. The van der Waals surface area contributed by atoms with Gasteiger partial charge in [0, 0.05) is 6.54 Å². The molecule has 1 unspecified atom stereocenters. The van der Waals surface area contributed by atoms with E-state index < -0.39 is 34.6 Å². The van der Waals surface area contributed by atoms with Gasteiger partial charge < -0.3 is 5.32 Å². The summed E-state index contributed by atoms with van der Waals surface area (Å²) in [6, 6.07) is 4.76. The summed E-state index contributed by atoms with van der Waals surface area (Å²) in [6.07, 6.45) is -4.87. The van der Waals surface area contributed by atoms with Gasteiger partial charge in [-0.1, -0.05) is 23.8 Å². The first-order valence-corrected chi connectivity index (χ1v) is 9.96. The van der Waals surface area contributed by atoms with Gasteiger partial charge in [0.15, 0.2) is 0 Å². The van der Waals surface area contributed by atoms with Crippen LogP contribution in [0.1, 0.15) is 22.3 Å². The van der Waals surface area contributed by atoms with Crippen LogP contribution in [0.3, 0.4) is 0 Å². The summed E-state index contributed by atoms with van der Waals surface area (Å²) in [5, 5.41) is 2.34. The maximum absolute atomic E-state index is 13.9. The van der Waals surface area contributed by atoms with E-state index in [1.807, 2.05) is 0 Å². The van der Waals surface area contributed by atoms with Crippen LogP contribution in [0, 0.1) is 33.5 Å². The van der Waals surface area contributed by atoms with Crippen molar-refractivity contribution in [3.05, 3.63) is 58.4 Å². The monoisotopic (exact) mass is 418 g/mol. The quantitative estimate of drug-likeness (QED) is 0.685. The lowest BCUT2D eigenvalue weighted by Gasteiger charge is -2.23. The molecule has 0 heterocycles. The van der Waals surface area contributed by atoms with Crippen molar-refractivity contribution in [1.29, 1.82) is 0 Å². The highest BCUT2D eigenvalue weighted by molar-refractivity contribution is 7.89. The van der Waals surface area contributed by atoms with Gasteiger partial charge >= 0.3 is 6.18 Å². The number of hydrogen-bond donors (Lipinski definition) is 2. The molecule has 2 aromatic carbocycles. The lowest BCUT2D eigenvalue weighted by molar-refractivity contribution is -0.148. The molecular formula is C19H22F4N2O2S. The number of alkyl halides is 3. The number of aryl methyl sites for hydroxylation is 4. The van der Waals surface area contributed by atoms with Crippen LogP contribution in [0.15, 0.2) is 35.2 Å². The molecule has 0 bridgehead atoms. The Kier molecular flexibility index (Phi) is 6.40. The predicted octanol–water partition coefficient (Wildman–Crippen LogP) is 4.38. The van der Waals surface area contributed by atoms with Crippen molar-refractivity contribution in [2.75, 3.05) is 11.9 Å². The van der Waals surface area contributed by atoms with Gasteiger partial charge in [0.05, 0.1) is 10.6 Å². The molecule has 0 spiro atoms. The molecule has 28 heavy (non-hydrogen) atoms. The minimum Gasteiger partial charge on any atom is -0.381 e. The number of hydrogen-bond acceptors (Lipinski definition) is 3. The molecule has 0 saturated carbocycles. The maximum Gasteiger partial charge on any atom is 0.406 e. The Hall–Kier alpha value is -2.13. The van der Waals surface area contributed by atoms with Gasteiger partial charge in [-0.15, -0.1) is 0 Å². The average Bonchev–Trinajstić information content (AvgIpc) is 2.50. The van der Waals surface area contributed by atoms with Gasteiger partial charge in [0.25, 0.3) is 0 Å². The van der Waals surface area contributed by atoms with Crippen LogP contribution in [0.2, 0.25) is 0 Å². The number of nitrogens with one attached hydrogen (secondary N) is 2. The number of sulfonamides is 1. The third kappa shape index (κ3) is 5.23. The minimum absolute atomic E-state index is 0.137. The van der Waals surface area contributed by atoms with Gasteiger partial charge in [-0.2, -0.15) is 17.9 Å². The van der Waals surface area contributed by atoms with Crippen LogP contribution in [0.5, 0.6) is 0 Å². The second kappa shape index (κ2) is 8.08. The molecule has 2 N–H and O–H groups in total. The minimum atomic E-state index is -4.87. The van der Waals surface area contributed by atoms with Crippen LogP contribution >= 0.6 is 0 Å². The topological polar surface area (TPSA) is 58.2 Å². The van der Waals surface area contributed by atoms with E-state index in [2.05, 4.69) is 5.32 Å². The van der Waals surface area contributed by atoms with Crippen molar-refractivity contribution in [3.63, 3.8) is 0 Å². The Labute approximate surface area is 162 Å². The van der Waals surface area contributed by atoms with Crippen molar-refractivity contribution in [1.82, 2.24) is 4.72 Å². The standard InChI is InChI=1S/C19H22F4N2O2S/c1-11-5-6-16(15(20)9-11)24-10-17(19(21,22)23)25-28(26,27)18-13(3)7-12(2)8-14(18)4/h5-9,17,24-25H,10H2,1-4H3. The molecule has 0 aliphatic rings. The lowest BCUT2D eigenvalue weighted by Crippen LogP contribution is -2.49. The van der Waals surface area contributed by atoms with E-state index in [4.69, 9.17) is 0 Å². The van der Waals surface area contributed by atoms with Crippen molar-refractivity contribution < 1.29 is 26.0 Å². The lowest BCUT2D eigenvalue weighted by atomic mass is 10.1. The van der Waals surface area contributed by atoms with Crippen molar-refractivity contribution >= 4 is 15.7 Å². The van der Waals surface area contributed by atoms with E-state index in [1.54, 1.807) is 30.7 Å². The second-order valence-corrected chi connectivity index (χ2v) is 8.46. The molecule has 2 aromatic rings. The van der Waals surface area contributed by atoms with Gasteiger partial charge in [0.2, 0.25) is 10.0 Å². The zero-order valence-corrected chi connectivity index (χ0v) is 16.7. The van der Waals surface area contributed by atoms with E-state index in [1.165, 1.54) is 32.0 Å². The van der Waals surface area contributed by atoms with E-state index in [9.17, 15) is 26.0 Å². The van der Waals surface area contributed by atoms with Gasteiger partial charge in [-0.3, -0.25) is 0 Å². The molecule has 0 amide bonds. The van der Waals surface area contributed by atoms with Gasteiger partial charge in [-0.25, -0.2) is 12.8 Å². The smallest absolute Gasteiger partial charge is 0.381 e. The SMILES string of the molecule is Cc1cc(C)c(S(=O)(=O)NC(CNc2ccc(C)cc2F)C(F)(F)F)c(C)c1. The summed E-state index contributed by atoms with van der Waals surface area (Å²) in [4.78, 5) is -0.186. The van der Waals surface area contributed by atoms with Crippen LogP contribution in [0.25, 0.3) is 0 Å². The van der Waals surface area contributed by atoms with Crippen LogP contribution < -0.4 is 10.0 Å². The normalized spacial score (nSPS) is 13.4. The molecule has 0 aliphatic heterocycles. The summed E-state index contributed by atoms with van der Waals surface area (Å²) in [5.41, 5.74) is 1.98. The average molecular weight is 418 g/mol. The number of halogens is 4. The molecule has 0 aromatic heterocycles. The summed E-state index contributed by atoms with van der Waals surface area (Å²) >= 11 is 0. The number of anilines is 1. The Morgan fingerprint density at radius 3 is 2.04 bits per heavy atom. The van der Waals surface area contributed by atoms with E-state index in [0.717, 1.165) is 5.56 Å². The summed E-state index contributed by atoms with van der Waals surface area (Å²) in [6.45, 7) is 5.61. The van der Waals surface area contributed by atoms with Crippen molar-refractivity contribution in [2.24, 2.45) is 0 Å². The molecule has 0 aliphatic carbocycles. The number of benzene rings is 2. The highest BCUT2D eigenvalue weighted by Crippen LogP contribution is 2.26. The zero-order chi connectivity index (χ0) is 21.3. The second-order valence-electron chi connectivity index (χ2n) is 6.81. The third-order valence-electron chi connectivity index (χ3n) is 4.19. The Morgan fingerprint density at radius 2 is 1.54 bits per heavy atom. The fourth-order valence-electron chi connectivity index (χ4n) is 3.04. The number of rotatable bonds is 6. The fourth-order valence-corrected chi connectivity index (χ4v) is 4.71. The Bertz CT molecular complexity index is 949. The fraction of sp³-hybridized carbons (Fsp3) is 0.368. The van der Waals surface area contributed by atoms with Crippen LogP contribution in [-0.4, -0.2) is 27.2 Å². The predicted molar refractivity (Wildman–Crippen MR) is 100 cm³/mol. The summed E-state index contributed by atoms with van der Waals surface area (Å²) in [5.74, 6) is -0.714. The van der Waals surface area contributed by atoms with E-state index in [0.29, 0.717) is 16.7 Å². The summed E-state index contributed by atoms with van der Waals surface area (Å²) < 4.78 is 81.2. The molecule has 0 fully saturated rings. The Morgan fingerprint density at radius 1 is 0.964 bits per heavy atom. The molecule has 1 atom stereocenters. The molecule has 9 heteroatoms.